The largest absolute Gasteiger partial charge is 0.462 e. The van der Waals surface area contributed by atoms with Crippen LogP contribution in [0.3, 0.4) is 0 Å². The molecule has 0 fully saturated rings. The fraction of sp³-hybridized carbons (Fsp3) is 0.200. The Bertz CT molecular complexity index is 735. The summed E-state index contributed by atoms with van der Waals surface area (Å²) < 4.78 is 4.99. The van der Waals surface area contributed by atoms with Crippen molar-refractivity contribution in [3.05, 3.63) is 35.4 Å². The molecule has 0 atom stereocenters. The van der Waals surface area contributed by atoms with E-state index < -0.39 is 5.97 Å². The zero-order valence-corrected chi connectivity index (χ0v) is 12.0. The van der Waals surface area contributed by atoms with Crippen molar-refractivity contribution >= 4 is 17.7 Å². The molecular formula is C15H15N5O2. The van der Waals surface area contributed by atoms with Gasteiger partial charge in [-0.2, -0.15) is 10.2 Å². The average Bonchev–Trinajstić information content (AvgIpc) is 2.47. The van der Waals surface area contributed by atoms with Gasteiger partial charge in [0, 0.05) is 5.56 Å². The topological polar surface area (TPSA) is 128 Å². The summed E-state index contributed by atoms with van der Waals surface area (Å²) in [6.07, 6.45) is 0.305. The number of aromatic nitrogens is 2. The third-order valence-electron chi connectivity index (χ3n) is 2.94. The molecule has 7 heteroatoms. The van der Waals surface area contributed by atoms with E-state index in [0.29, 0.717) is 17.7 Å². The first-order valence-electron chi connectivity index (χ1n) is 6.63. The number of anilines is 2. The number of esters is 1. The second-order valence-electron chi connectivity index (χ2n) is 4.44. The van der Waals surface area contributed by atoms with Crippen molar-refractivity contribution in [2.24, 2.45) is 0 Å². The minimum absolute atomic E-state index is 0.0259. The Hall–Kier alpha value is -3.14. The van der Waals surface area contributed by atoms with Crippen LogP contribution in [0.5, 0.6) is 0 Å². The van der Waals surface area contributed by atoms with Gasteiger partial charge >= 0.3 is 5.97 Å². The van der Waals surface area contributed by atoms with Gasteiger partial charge in [-0.25, -0.2) is 9.78 Å². The highest BCUT2D eigenvalue weighted by Crippen LogP contribution is 2.27. The van der Waals surface area contributed by atoms with Gasteiger partial charge in [-0.3, -0.25) is 0 Å². The minimum Gasteiger partial charge on any atom is -0.462 e. The zero-order valence-electron chi connectivity index (χ0n) is 12.0. The van der Waals surface area contributed by atoms with Gasteiger partial charge in [-0.05, 0) is 12.5 Å². The molecule has 0 aliphatic heterocycles. The molecule has 0 bridgehead atoms. The molecule has 0 aliphatic carbocycles. The zero-order chi connectivity index (χ0) is 16.1. The molecule has 0 saturated carbocycles. The van der Waals surface area contributed by atoms with E-state index in [-0.39, 0.29) is 23.9 Å². The summed E-state index contributed by atoms with van der Waals surface area (Å²) in [5.41, 5.74) is 13.3. The number of ether oxygens (including phenoxy) is 1. The molecule has 2 rings (SSSR count). The van der Waals surface area contributed by atoms with Gasteiger partial charge in [0.1, 0.15) is 11.4 Å². The molecule has 1 heterocycles. The molecule has 0 radical (unpaired) electrons. The lowest BCUT2D eigenvalue weighted by atomic mass is 10.0. The number of nitrogen functional groups attached to an aromatic ring is 2. The summed E-state index contributed by atoms with van der Waals surface area (Å²) in [6, 6.07) is 9.12. The summed E-state index contributed by atoms with van der Waals surface area (Å²) >= 11 is 0. The molecule has 0 saturated heterocycles. The standard InChI is InChI=1S/C15H15N5O2/c1-2-22-14(21)11-12(19-15(18)20-13(11)17)10-5-3-9(4-6-10)7-8-16/h3-6H,2,7H2,1H3,(H4,17,18,19,20). The van der Waals surface area contributed by atoms with E-state index in [1.807, 2.05) is 0 Å². The number of nitriles is 1. The lowest BCUT2D eigenvalue weighted by Crippen LogP contribution is -2.14. The Morgan fingerprint density at radius 1 is 1.27 bits per heavy atom. The van der Waals surface area contributed by atoms with E-state index >= 15 is 0 Å². The molecule has 2 aromatic rings. The van der Waals surface area contributed by atoms with Gasteiger partial charge in [0.15, 0.2) is 0 Å². The molecule has 112 valence electrons. The first-order valence-corrected chi connectivity index (χ1v) is 6.63. The molecule has 0 amide bonds. The van der Waals surface area contributed by atoms with Gasteiger partial charge in [-0.1, -0.05) is 24.3 Å². The third kappa shape index (κ3) is 3.12. The summed E-state index contributed by atoms with van der Waals surface area (Å²) in [7, 11) is 0. The van der Waals surface area contributed by atoms with Gasteiger partial charge in [0.05, 0.1) is 24.8 Å². The first-order chi connectivity index (χ1) is 10.6. The van der Waals surface area contributed by atoms with Crippen LogP contribution in [0.4, 0.5) is 11.8 Å². The molecule has 0 spiro atoms. The van der Waals surface area contributed by atoms with Crippen molar-refractivity contribution in [3.63, 3.8) is 0 Å². The van der Waals surface area contributed by atoms with Gasteiger partial charge in [0.25, 0.3) is 0 Å². The fourth-order valence-electron chi connectivity index (χ4n) is 1.98. The number of benzene rings is 1. The van der Waals surface area contributed by atoms with Gasteiger partial charge < -0.3 is 16.2 Å². The van der Waals surface area contributed by atoms with Crippen molar-refractivity contribution in [2.75, 3.05) is 18.1 Å². The van der Waals surface area contributed by atoms with Crippen LogP contribution >= 0.6 is 0 Å². The number of nitrogens with two attached hydrogens (primary N) is 2. The Morgan fingerprint density at radius 3 is 2.55 bits per heavy atom. The van der Waals surface area contributed by atoms with Crippen molar-refractivity contribution in [1.82, 2.24) is 9.97 Å². The van der Waals surface area contributed by atoms with Crippen LogP contribution in [0.15, 0.2) is 24.3 Å². The first kappa shape index (κ1) is 15.3. The maximum absolute atomic E-state index is 12.1. The van der Waals surface area contributed by atoms with Crippen LogP contribution in [0.1, 0.15) is 22.8 Å². The lowest BCUT2D eigenvalue weighted by molar-refractivity contribution is 0.0528. The van der Waals surface area contributed by atoms with Crippen molar-refractivity contribution in [1.29, 1.82) is 5.26 Å². The Balaban J connectivity index is 2.53. The van der Waals surface area contributed by atoms with Crippen molar-refractivity contribution in [2.45, 2.75) is 13.3 Å². The average molecular weight is 297 g/mol. The second kappa shape index (κ2) is 6.54. The molecule has 1 aromatic heterocycles. The summed E-state index contributed by atoms with van der Waals surface area (Å²) in [5, 5.41) is 8.69. The van der Waals surface area contributed by atoms with E-state index in [1.54, 1.807) is 31.2 Å². The van der Waals surface area contributed by atoms with Crippen LogP contribution in [0.2, 0.25) is 0 Å². The lowest BCUT2D eigenvalue weighted by Gasteiger charge is -2.11. The smallest absolute Gasteiger partial charge is 0.344 e. The number of rotatable bonds is 4. The summed E-state index contributed by atoms with van der Waals surface area (Å²) in [6.45, 7) is 1.91. The molecule has 7 nitrogen and oxygen atoms in total. The molecular weight excluding hydrogens is 282 g/mol. The Labute approximate surface area is 127 Å². The monoisotopic (exact) mass is 297 g/mol. The number of hydrogen-bond donors (Lipinski definition) is 2. The SMILES string of the molecule is CCOC(=O)c1c(N)nc(N)nc1-c1ccc(CC#N)cc1. The van der Waals surface area contributed by atoms with Crippen LogP contribution in [0.25, 0.3) is 11.3 Å². The Kier molecular flexibility index (Phi) is 4.53. The molecule has 1 aromatic carbocycles. The highest BCUT2D eigenvalue weighted by molar-refractivity contribution is 6.00. The van der Waals surface area contributed by atoms with Gasteiger partial charge in [0.2, 0.25) is 5.95 Å². The minimum atomic E-state index is -0.601. The maximum Gasteiger partial charge on any atom is 0.344 e. The fourth-order valence-corrected chi connectivity index (χ4v) is 1.98. The number of hydrogen-bond acceptors (Lipinski definition) is 7. The molecule has 0 aliphatic rings. The summed E-state index contributed by atoms with van der Waals surface area (Å²) in [4.78, 5) is 20.0. The predicted molar refractivity (Wildman–Crippen MR) is 81.6 cm³/mol. The van der Waals surface area contributed by atoms with Crippen molar-refractivity contribution < 1.29 is 9.53 Å². The normalized spacial score (nSPS) is 10.0. The number of nitrogens with zero attached hydrogens (tertiary/aromatic N) is 3. The van der Waals surface area contributed by atoms with E-state index in [0.717, 1.165) is 5.56 Å². The third-order valence-corrected chi connectivity index (χ3v) is 2.94. The molecule has 0 unspecified atom stereocenters. The summed E-state index contributed by atoms with van der Waals surface area (Å²) in [5.74, 6) is -0.653. The van der Waals surface area contributed by atoms with E-state index in [9.17, 15) is 4.79 Å². The maximum atomic E-state index is 12.1. The number of carbonyl (C=O) groups is 1. The quantitative estimate of drug-likeness (QED) is 0.819. The highest BCUT2D eigenvalue weighted by atomic mass is 16.5. The van der Waals surface area contributed by atoms with E-state index in [4.69, 9.17) is 21.5 Å². The number of carbonyl (C=O) groups excluding carboxylic acids is 1. The second-order valence-corrected chi connectivity index (χ2v) is 4.44. The van der Waals surface area contributed by atoms with Crippen molar-refractivity contribution in [3.8, 4) is 17.3 Å². The van der Waals surface area contributed by atoms with Crippen LogP contribution in [-0.4, -0.2) is 22.5 Å². The Morgan fingerprint density at radius 2 is 1.95 bits per heavy atom. The van der Waals surface area contributed by atoms with E-state index in [1.165, 1.54) is 0 Å². The molecule has 22 heavy (non-hydrogen) atoms. The highest BCUT2D eigenvalue weighted by Gasteiger charge is 2.21. The van der Waals surface area contributed by atoms with Gasteiger partial charge in [-0.15, -0.1) is 0 Å². The van der Waals surface area contributed by atoms with Crippen LogP contribution in [-0.2, 0) is 11.2 Å². The van der Waals surface area contributed by atoms with E-state index in [2.05, 4.69) is 16.0 Å². The molecule has 4 N–H and O–H groups in total. The van der Waals surface area contributed by atoms with Crippen LogP contribution in [0, 0.1) is 11.3 Å². The van der Waals surface area contributed by atoms with Crippen LogP contribution < -0.4 is 11.5 Å². The predicted octanol–water partition coefficient (Wildman–Crippen LogP) is 1.55.